The van der Waals surface area contributed by atoms with Gasteiger partial charge in [0.1, 0.15) is 5.75 Å². The lowest BCUT2D eigenvalue weighted by atomic mass is 10.1. The zero-order valence-corrected chi connectivity index (χ0v) is 8.74. The van der Waals surface area contributed by atoms with Gasteiger partial charge in [-0.15, -0.1) is 0 Å². The lowest BCUT2D eigenvalue weighted by Crippen LogP contribution is -2.26. The van der Waals surface area contributed by atoms with Crippen LogP contribution >= 0.6 is 0 Å². The van der Waals surface area contributed by atoms with E-state index >= 15 is 0 Å². The summed E-state index contributed by atoms with van der Waals surface area (Å²) >= 11 is 0. The Labute approximate surface area is 88.2 Å². The number of hydrogen-bond acceptors (Lipinski definition) is 3. The Morgan fingerprint density at radius 2 is 1.87 bits per heavy atom. The predicted molar refractivity (Wildman–Crippen MR) is 56.1 cm³/mol. The van der Waals surface area contributed by atoms with Gasteiger partial charge in [-0.05, 0) is 38.1 Å². The average Bonchev–Trinajstić information content (AvgIpc) is 2.18. The topological polar surface area (TPSA) is 55.4 Å². The van der Waals surface area contributed by atoms with Crippen molar-refractivity contribution in [2.24, 2.45) is 0 Å². The highest BCUT2D eigenvalue weighted by molar-refractivity contribution is 5.94. The van der Waals surface area contributed by atoms with Gasteiger partial charge < -0.3 is 10.1 Å². The second-order valence-electron chi connectivity index (χ2n) is 3.00. The molecule has 0 aliphatic heterocycles. The van der Waals surface area contributed by atoms with Crippen LogP contribution in [0.3, 0.4) is 0 Å². The third-order valence-corrected chi connectivity index (χ3v) is 1.79. The molecule has 1 N–H and O–H groups in total. The molecule has 0 saturated carbocycles. The third-order valence-electron chi connectivity index (χ3n) is 1.79. The second-order valence-corrected chi connectivity index (χ2v) is 3.00. The number of ether oxygens (including phenoxy) is 1. The Hall–Kier alpha value is -1.84. The van der Waals surface area contributed by atoms with Gasteiger partial charge in [0.2, 0.25) is 0 Å². The van der Waals surface area contributed by atoms with Crippen LogP contribution in [0, 0.1) is 0 Å². The lowest BCUT2D eigenvalue weighted by Gasteiger charge is -2.04. The molecule has 4 nitrogen and oxygen atoms in total. The Balaban J connectivity index is 2.64. The summed E-state index contributed by atoms with van der Waals surface area (Å²) in [5.74, 6) is 0.408. The van der Waals surface area contributed by atoms with Gasteiger partial charge in [0, 0.05) is 12.1 Å². The minimum absolute atomic E-state index is 0.0143. The third kappa shape index (κ3) is 3.42. The molecule has 0 bridgehead atoms. The summed E-state index contributed by atoms with van der Waals surface area (Å²) in [4.78, 5) is 22.0. The van der Waals surface area contributed by atoms with Gasteiger partial charge in [0.25, 0.3) is 0 Å². The SMILES string of the molecule is CCNC(=O)Oc1ccc(C(C)=O)cc1. The molecule has 0 fully saturated rings. The van der Waals surface area contributed by atoms with E-state index in [0.29, 0.717) is 17.9 Å². The zero-order valence-electron chi connectivity index (χ0n) is 8.74. The maximum Gasteiger partial charge on any atom is 0.412 e. The molecular weight excluding hydrogens is 194 g/mol. The van der Waals surface area contributed by atoms with Crippen LogP contribution in [0.5, 0.6) is 5.75 Å². The highest BCUT2D eigenvalue weighted by atomic mass is 16.5. The van der Waals surface area contributed by atoms with Crippen LogP contribution in [0.25, 0.3) is 0 Å². The van der Waals surface area contributed by atoms with Crippen molar-refractivity contribution >= 4 is 11.9 Å². The average molecular weight is 207 g/mol. The van der Waals surface area contributed by atoms with E-state index in [0.717, 1.165) is 0 Å². The van der Waals surface area contributed by atoms with Gasteiger partial charge in [-0.3, -0.25) is 4.79 Å². The smallest absolute Gasteiger partial charge is 0.410 e. The molecule has 0 aliphatic rings. The van der Waals surface area contributed by atoms with E-state index in [2.05, 4.69) is 5.32 Å². The fraction of sp³-hybridized carbons (Fsp3) is 0.273. The predicted octanol–water partition coefficient (Wildman–Crippen LogP) is 2.00. The molecule has 0 atom stereocenters. The molecule has 80 valence electrons. The fourth-order valence-electron chi connectivity index (χ4n) is 1.05. The molecule has 0 saturated heterocycles. The molecule has 0 aromatic heterocycles. The van der Waals surface area contributed by atoms with E-state index in [1.165, 1.54) is 6.92 Å². The fourth-order valence-corrected chi connectivity index (χ4v) is 1.05. The Morgan fingerprint density at radius 1 is 1.27 bits per heavy atom. The molecule has 1 aromatic carbocycles. The summed E-state index contributed by atoms with van der Waals surface area (Å²) in [6.45, 7) is 3.81. The summed E-state index contributed by atoms with van der Waals surface area (Å²) in [7, 11) is 0. The normalized spacial score (nSPS) is 9.47. The molecule has 0 radical (unpaired) electrons. The maximum atomic E-state index is 11.0. The van der Waals surface area contributed by atoms with Crippen LogP contribution in [0.15, 0.2) is 24.3 Å². The first-order chi connectivity index (χ1) is 7.13. The van der Waals surface area contributed by atoms with Gasteiger partial charge in [-0.2, -0.15) is 0 Å². The molecule has 0 spiro atoms. The standard InChI is InChI=1S/C11H13NO3/c1-3-12-11(14)15-10-6-4-9(5-7-10)8(2)13/h4-7H,3H2,1-2H3,(H,12,14). The molecule has 0 unspecified atom stereocenters. The van der Waals surface area contributed by atoms with Crippen molar-refractivity contribution in [2.45, 2.75) is 13.8 Å². The summed E-state index contributed by atoms with van der Waals surface area (Å²) in [5.41, 5.74) is 0.596. The number of carbonyl (C=O) groups is 2. The number of benzene rings is 1. The lowest BCUT2D eigenvalue weighted by molar-refractivity contribution is 0.101. The van der Waals surface area contributed by atoms with E-state index in [9.17, 15) is 9.59 Å². The largest absolute Gasteiger partial charge is 0.412 e. The zero-order chi connectivity index (χ0) is 11.3. The summed E-state index contributed by atoms with van der Waals surface area (Å²) < 4.78 is 4.93. The van der Waals surface area contributed by atoms with E-state index in [-0.39, 0.29) is 5.78 Å². The molecule has 0 aliphatic carbocycles. The molecule has 1 aromatic rings. The van der Waals surface area contributed by atoms with Crippen LogP contribution in [-0.4, -0.2) is 18.4 Å². The summed E-state index contributed by atoms with van der Waals surface area (Å²) in [6.07, 6.45) is -0.493. The first-order valence-corrected chi connectivity index (χ1v) is 4.70. The van der Waals surface area contributed by atoms with E-state index < -0.39 is 6.09 Å². The highest BCUT2D eigenvalue weighted by Gasteiger charge is 2.03. The summed E-state index contributed by atoms with van der Waals surface area (Å²) in [5, 5.41) is 2.50. The monoisotopic (exact) mass is 207 g/mol. The second kappa shape index (κ2) is 5.14. The molecule has 1 rings (SSSR count). The first-order valence-electron chi connectivity index (χ1n) is 4.70. The molecule has 1 amide bonds. The minimum atomic E-state index is -0.493. The van der Waals surface area contributed by atoms with Gasteiger partial charge in [0.15, 0.2) is 5.78 Å². The summed E-state index contributed by atoms with van der Waals surface area (Å²) in [6, 6.07) is 6.42. The maximum absolute atomic E-state index is 11.0. The number of rotatable bonds is 3. The van der Waals surface area contributed by atoms with Crippen LogP contribution < -0.4 is 10.1 Å². The highest BCUT2D eigenvalue weighted by Crippen LogP contribution is 2.12. The molecule has 4 heteroatoms. The molecule has 15 heavy (non-hydrogen) atoms. The Morgan fingerprint density at radius 3 is 2.33 bits per heavy atom. The number of amides is 1. The molecule has 0 heterocycles. The Kier molecular flexibility index (Phi) is 3.85. The first kappa shape index (κ1) is 11.2. The van der Waals surface area contributed by atoms with Gasteiger partial charge >= 0.3 is 6.09 Å². The number of carbonyl (C=O) groups excluding carboxylic acids is 2. The van der Waals surface area contributed by atoms with Crippen LogP contribution in [0.1, 0.15) is 24.2 Å². The number of Topliss-reactive ketones (excluding diaryl/α,β-unsaturated/α-hetero) is 1. The minimum Gasteiger partial charge on any atom is -0.410 e. The van der Waals surface area contributed by atoms with Crippen molar-refractivity contribution in [2.75, 3.05) is 6.54 Å². The van der Waals surface area contributed by atoms with Gasteiger partial charge in [-0.25, -0.2) is 4.79 Å². The van der Waals surface area contributed by atoms with Crippen molar-refractivity contribution in [1.82, 2.24) is 5.32 Å². The van der Waals surface area contributed by atoms with E-state index in [1.54, 1.807) is 31.2 Å². The van der Waals surface area contributed by atoms with E-state index in [4.69, 9.17) is 4.74 Å². The number of hydrogen-bond donors (Lipinski definition) is 1. The van der Waals surface area contributed by atoms with Crippen molar-refractivity contribution in [1.29, 1.82) is 0 Å². The van der Waals surface area contributed by atoms with Crippen LogP contribution in [0.4, 0.5) is 4.79 Å². The number of nitrogens with one attached hydrogen (secondary N) is 1. The van der Waals surface area contributed by atoms with Crippen LogP contribution in [0.2, 0.25) is 0 Å². The molecular formula is C11H13NO3. The van der Waals surface area contributed by atoms with Crippen molar-refractivity contribution in [3.8, 4) is 5.75 Å². The van der Waals surface area contributed by atoms with Crippen LogP contribution in [-0.2, 0) is 0 Å². The number of ketones is 1. The van der Waals surface area contributed by atoms with Crippen molar-refractivity contribution in [3.63, 3.8) is 0 Å². The van der Waals surface area contributed by atoms with E-state index in [1.807, 2.05) is 0 Å². The van der Waals surface area contributed by atoms with Crippen molar-refractivity contribution < 1.29 is 14.3 Å². The van der Waals surface area contributed by atoms with Crippen molar-refractivity contribution in [3.05, 3.63) is 29.8 Å². The van der Waals surface area contributed by atoms with Gasteiger partial charge in [-0.1, -0.05) is 0 Å². The quantitative estimate of drug-likeness (QED) is 0.771. The van der Waals surface area contributed by atoms with Gasteiger partial charge in [0.05, 0.1) is 0 Å². The Bertz CT molecular complexity index is 357.